The number of carbonyl (C=O) groups is 4. The molecule has 0 fully saturated rings. The normalized spacial score (nSPS) is 16.3. The number of benzene rings is 1. The number of carbonyl (C=O) groups excluding carboxylic acids is 3. The maximum Gasteiger partial charge on any atom is 0.372 e. The van der Waals surface area contributed by atoms with Crippen LogP contribution in [-0.2, 0) is 47.6 Å². The van der Waals surface area contributed by atoms with Crippen molar-refractivity contribution in [2.45, 2.75) is 141 Å². The van der Waals surface area contributed by atoms with Gasteiger partial charge in [-0.2, -0.15) is 0 Å². The third-order valence-corrected chi connectivity index (χ3v) is 10.4. The second kappa shape index (κ2) is 19.1. The molecule has 3 N–H and O–H groups in total. The first kappa shape index (κ1) is 40.6. The molecule has 0 aliphatic carbocycles. The van der Waals surface area contributed by atoms with E-state index in [1.807, 2.05) is 6.07 Å². The van der Waals surface area contributed by atoms with E-state index in [0.29, 0.717) is 40.7 Å². The lowest BCUT2D eigenvalue weighted by atomic mass is 9.97. The first-order chi connectivity index (χ1) is 26.0. The summed E-state index contributed by atoms with van der Waals surface area (Å²) in [5.41, 5.74) is 1.87. The molecule has 2 aromatic heterocycles. The minimum atomic E-state index is -2.41. The average Bonchev–Trinajstić information content (AvgIpc) is 3.51. The van der Waals surface area contributed by atoms with Gasteiger partial charge in [-0.1, -0.05) is 96.8 Å². The lowest BCUT2D eigenvalue weighted by molar-refractivity contribution is -0.231. The van der Waals surface area contributed by atoms with Gasteiger partial charge in [0.1, 0.15) is 18.4 Å². The predicted molar refractivity (Wildman–Crippen MR) is 201 cm³/mol. The molecule has 292 valence electrons. The van der Waals surface area contributed by atoms with E-state index in [9.17, 15) is 34.2 Å². The smallest absolute Gasteiger partial charge is 0.372 e. The molecular formula is C41H53N3O10. The molecule has 0 bridgehead atoms. The third kappa shape index (κ3) is 9.92. The molecule has 1 unspecified atom stereocenters. The minimum absolute atomic E-state index is 0.0201. The Kier molecular flexibility index (Phi) is 14.4. The zero-order chi connectivity index (χ0) is 38.7. The molecule has 2 aliphatic rings. The summed E-state index contributed by atoms with van der Waals surface area (Å²) < 4.78 is 17.1. The second-order valence-corrected chi connectivity index (χ2v) is 14.4. The van der Waals surface area contributed by atoms with E-state index in [4.69, 9.17) is 19.2 Å². The van der Waals surface area contributed by atoms with Crippen LogP contribution in [0.5, 0.6) is 5.75 Å². The molecule has 1 aromatic carbocycles. The zero-order valence-corrected chi connectivity index (χ0v) is 31.5. The van der Waals surface area contributed by atoms with Gasteiger partial charge < -0.3 is 34.3 Å². The lowest BCUT2D eigenvalue weighted by Crippen LogP contribution is -2.46. The van der Waals surface area contributed by atoms with Gasteiger partial charge in [-0.05, 0) is 36.8 Å². The van der Waals surface area contributed by atoms with E-state index in [-0.39, 0.29) is 42.9 Å². The Morgan fingerprint density at radius 1 is 0.926 bits per heavy atom. The van der Waals surface area contributed by atoms with E-state index in [0.717, 1.165) is 26.4 Å². The van der Waals surface area contributed by atoms with Crippen LogP contribution in [0.15, 0.2) is 35.1 Å². The summed E-state index contributed by atoms with van der Waals surface area (Å²) in [6, 6.07) is 7.19. The predicted octanol–water partition coefficient (Wildman–Crippen LogP) is 6.40. The Morgan fingerprint density at radius 2 is 1.57 bits per heavy atom. The first-order valence-corrected chi connectivity index (χ1v) is 19.4. The highest BCUT2D eigenvalue weighted by Gasteiger charge is 2.47. The van der Waals surface area contributed by atoms with Crippen molar-refractivity contribution < 1.29 is 43.6 Å². The zero-order valence-electron chi connectivity index (χ0n) is 31.5. The van der Waals surface area contributed by atoms with E-state index in [1.54, 1.807) is 18.2 Å². The molecule has 0 radical (unpaired) electrons. The number of aromatic nitrogens is 2. The number of amides is 1. The molecule has 4 heterocycles. The second-order valence-electron chi connectivity index (χ2n) is 14.4. The van der Waals surface area contributed by atoms with Crippen molar-refractivity contribution >= 4 is 34.7 Å². The van der Waals surface area contributed by atoms with Crippen LogP contribution in [0.4, 0.5) is 0 Å². The van der Waals surface area contributed by atoms with E-state index in [2.05, 4.69) is 12.2 Å². The van der Waals surface area contributed by atoms with Crippen molar-refractivity contribution in [3.63, 3.8) is 0 Å². The van der Waals surface area contributed by atoms with Crippen LogP contribution in [0.2, 0.25) is 0 Å². The van der Waals surface area contributed by atoms with Crippen molar-refractivity contribution in [2.24, 2.45) is 0 Å². The number of hydrogen-bond acceptors (Lipinski definition) is 10. The topological polar surface area (TPSA) is 183 Å². The highest BCUT2D eigenvalue weighted by molar-refractivity contribution is 5.88. The van der Waals surface area contributed by atoms with Crippen LogP contribution in [0.3, 0.4) is 0 Å². The van der Waals surface area contributed by atoms with Gasteiger partial charge in [-0.3, -0.25) is 14.4 Å². The molecule has 3 aromatic rings. The molecule has 0 spiro atoms. The van der Waals surface area contributed by atoms with Gasteiger partial charge in [-0.25, -0.2) is 14.6 Å². The number of carboxylic acid groups (broad SMARTS) is 1. The maximum atomic E-state index is 13.4. The highest BCUT2D eigenvalue weighted by Crippen LogP contribution is 2.38. The summed E-state index contributed by atoms with van der Waals surface area (Å²) in [6.07, 6.45) is 16.7. The molecule has 13 nitrogen and oxygen atoms in total. The molecule has 2 atom stereocenters. The molecule has 1 amide bonds. The van der Waals surface area contributed by atoms with Crippen molar-refractivity contribution in [3.8, 4) is 17.1 Å². The fraction of sp³-hybridized carbons (Fsp3) is 0.561. The Morgan fingerprint density at radius 3 is 2.20 bits per heavy atom. The fourth-order valence-corrected chi connectivity index (χ4v) is 7.26. The maximum absolute atomic E-state index is 13.4. The van der Waals surface area contributed by atoms with Gasteiger partial charge in [0.05, 0.1) is 35.4 Å². The van der Waals surface area contributed by atoms with Crippen molar-refractivity contribution in [1.29, 1.82) is 0 Å². The van der Waals surface area contributed by atoms with Crippen LogP contribution in [0.25, 0.3) is 22.3 Å². The Hall–Kier alpha value is -4.62. The van der Waals surface area contributed by atoms with E-state index >= 15 is 0 Å². The SMILES string of the molecule is CCCCCCCCCCCCCCCCC(NC(=O)CCC(=O)Oc1ccc2nc3c(cc2c1)Cn1c-3cc2c(c1=O)COC(=O)[C@]2(O)OC)C(=O)O. The number of nitrogens with one attached hydrogen (secondary N) is 1. The Bertz CT molecular complexity index is 1890. The van der Waals surface area contributed by atoms with Gasteiger partial charge in [-0.15, -0.1) is 0 Å². The van der Waals surface area contributed by atoms with Crippen molar-refractivity contribution in [1.82, 2.24) is 14.9 Å². The quantitative estimate of drug-likeness (QED) is 0.0350. The lowest BCUT2D eigenvalue weighted by Gasteiger charge is -2.30. The van der Waals surface area contributed by atoms with Gasteiger partial charge >= 0.3 is 17.9 Å². The Balaban J connectivity index is 1.05. The number of aliphatic hydroxyl groups is 1. The fourth-order valence-electron chi connectivity index (χ4n) is 7.26. The number of pyridine rings is 2. The van der Waals surface area contributed by atoms with Gasteiger partial charge in [0.2, 0.25) is 5.91 Å². The number of methoxy groups -OCH3 is 1. The van der Waals surface area contributed by atoms with Gasteiger partial charge in [0.15, 0.2) is 0 Å². The largest absolute Gasteiger partial charge is 0.480 e. The van der Waals surface area contributed by atoms with Crippen molar-refractivity contribution in [3.05, 3.63) is 57.4 Å². The van der Waals surface area contributed by atoms with Crippen LogP contribution in [-0.4, -0.2) is 56.7 Å². The van der Waals surface area contributed by atoms with Crippen LogP contribution >= 0.6 is 0 Å². The first-order valence-electron chi connectivity index (χ1n) is 19.4. The monoisotopic (exact) mass is 747 g/mol. The third-order valence-electron chi connectivity index (χ3n) is 10.4. The molecule has 0 saturated heterocycles. The Labute approximate surface area is 315 Å². The number of nitrogens with zero attached hydrogens (tertiary/aromatic N) is 2. The van der Waals surface area contributed by atoms with Crippen LogP contribution < -0.4 is 15.6 Å². The van der Waals surface area contributed by atoms with E-state index in [1.165, 1.54) is 74.8 Å². The molecule has 54 heavy (non-hydrogen) atoms. The molecule has 13 heteroatoms. The minimum Gasteiger partial charge on any atom is -0.480 e. The highest BCUT2D eigenvalue weighted by atomic mass is 16.7. The number of rotatable bonds is 22. The summed E-state index contributed by atoms with van der Waals surface area (Å²) in [5.74, 6) is -5.45. The van der Waals surface area contributed by atoms with Gasteiger partial charge in [0, 0.05) is 30.0 Å². The van der Waals surface area contributed by atoms with Crippen LogP contribution in [0, 0.1) is 0 Å². The molecule has 2 aliphatic heterocycles. The van der Waals surface area contributed by atoms with Crippen molar-refractivity contribution in [2.75, 3.05) is 7.11 Å². The summed E-state index contributed by atoms with van der Waals surface area (Å²) >= 11 is 0. The van der Waals surface area contributed by atoms with Gasteiger partial charge in [0.25, 0.3) is 11.3 Å². The number of fused-ring (bicyclic) bond motifs is 5. The average molecular weight is 748 g/mol. The molecular weight excluding hydrogens is 694 g/mol. The number of cyclic esters (lactones) is 1. The number of carboxylic acids is 1. The molecule has 5 rings (SSSR count). The summed E-state index contributed by atoms with van der Waals surface area (Å²) in [6.45, 7) is 2.14. The summed E-state index contributed by atoms with van der Waals surface area (Å²) in [7, 11) is 1.15. The number of aliphatic carboxylic acids is 1. The number of ether oxygens (including phenoxy) is 3. The van der Waals surface area contributed by atoms with E-state index < -0.39 is 41.2 Å². The number of hydrogen-bond donors (Lipinski definition) is 3. The van der Waals surface area contributed by atoms with Crippen LogP contribution in [0.1, 0.15) is 133 Å². The summed E-state index contributed by atoms with van der Waals surface area (Å²) in [5, 5.41) is 23.7. The number of esters is 2. The summed E-state index contributed by atoms with van der Waals surface area (Å²) in [4.78, 5) is 67.4. The molecule has 0 saturated carbocycles. The standard InChI is InChI=1S/C41H53N3O10/c1-3-4-5-6-7-8-9-10-11-12-13-14-15-16-17-33(39(48)49)42-35(45)20-21-36(46)54-29-18-19-32-27(23-29)22-28-25-44-34(37(28)43-32)24-31-30(38(44)47)26-53-40(50)41(31,51)52-2/h18-19,22-24,33,51H,3-17,20-21,25-26H2,1-2H3,(H,42,45)(H,48,49)/t33?,41-/m1/s1. The number of unbranched alkanes of at least 4 members (excludes halogenated alkanes) is 13.